The first-order chi connectivity index (χ1) is 8.96. The highest BCUT2D eigenvalue weighted by Gasteiger charge is 2.34. The van der Waals surface area contributed by atoms with Crippen LogP contribution in [0.1, 0.15) is 19.3 Å². The molecule has 1 aliphatic heterocycles. The van der Waals surface area contributed by atoms with Crippen molar-refractivity contribution >= 4 is 48.2 Å². The van der Waals surface area contributed by atoms with Crippen LogP contribution in [0.2, 0.25) is 0 Å². The summed E-state index contributed by atoms with van der Waals surface area (Å²) in [5, 5.41) is 0. The largest absolute Gasteiger partial charge is 0.302 e. The third-order valence-electron chi connectivity index (χ3n) is 3.14. The minimum atomic E-state index is -3.65. The van der Waals surface area contributed by atoms with Gasteiger partial charge < -0.3 is 4.79 Å². The van der Waals surface area contributed by atoms with Gasteiger partial charge >= 0.3 is 0 Å². The zero-order chi connectivity index (χ0) is 14.0. The molecule has 0 aliphatic carbocycles. The molecule has 1 fully saturated rings. The molecule has 1 atom stereocenters. The highest BCUT2D eigenvalue weighted by molar-refractivity contribution is 9.11. The summed E-state index contributed by atoms with van der Waals surface area (Å²) in [5.74, 6) is 0. The van der Waals surface area contributed by atoms with E-state index in [-0.39, 0.29) is 4.90 Å². The third-order valence-corrected chi connectivity index (χ3v) is 6.55. The Morgan fingerprint density at radius 1 is 1.26 bits per heavy atom. The van der Waals surface area contributed by atoms with Gasteiger partial charge in [0.15, 0.2) is 0 Å². The molecule has 0 saturated carbocycles. The van der Waals surface area contributed by atoms with Crippen molar-refractivity contribution in [1.82, 2.24) is 4.31 Å². The molecule has 104 valence electrons. The number of hydrogen-bond acceptors (Lipinski definition) is 3. The van der Waals surface area contributed by atoms with Gasteiger partial charge in [-0.25, -0.2) is 8.42 Å². The zero-order valence-corrected chi connectivity index (χ0v) is 14.0. The molecular weight excluding hydrogens is 398 g/mol. The van der Waals surface area contributed by atoms with E-state index in [1.54, 1.807) is 18.2 Å². The van der Waals surface area contributed by atoms with Gasteiger partial charge in [-0.1, -0.05) is 22.4 Å². The maximum absolute atomic E-state index is 12.6. The second-order valence-corrected chi connectivity index (χ2v) is 8.02. The number of benzene rings is 1. The fourth-order valence-corrected chi connectivity index (χ4v) is 5.26. The summed E-state index contributed by atoms with van der Waals surface area (Å²) in [6.07, 6.45) is 2.99. The number of carbonyl (C=O) groups is 1. The number of halogens is 2. The van der Waals surface area contributed by atoms with Crippen molar-refractivity contribution < 1.29 is 13.2 Å². The van der Waals surface area contributed by atoms with Gasteiger partial charge in [0, 0.05) is 15.5 Å². The summed E-state index contributed by atoms with van der Waals surface area (Å²) >= 11 is 6.53. The average Bonchev–Trinajstić information content (AvgIpc) is 2.41. The number of nitrogens with zero attached hydrogens (tertiary/aromatic N) is 1. The lowest BCUT2D eigenvalue weighted by Crippen LogP contribution is -2.44. The Labute approximate surface area is 129 Å². The maximum Gasteiger partial charge on any atom is 0.244 e. The molecule has 0 amide bonds. The molecule has 1 heterocycles. The van der Waals surface area contributed by atoms with Gasteiger partial charge in [0.2, 0.25) is 10.0 Å². The summed E-state index contributed by atoms with van der Waals surface area (Å²) in [4.78, 5) is 11.3. The van der Waals surface area contributed by atoms with Gasteiger partial charge in [-0.2, -0.15) is 4.31 Å². The van der Waals surface area contributed by atoms with E-state index in [0.717, 1.165) is 19.1 Å². The molecular formula is C12H13Br2NO3S. The van der Waals surface area contributed by atoms with Gasteiger partial charge in [-0.05, 0) is 47.0 Å². The predicted octanol–water partition coefficient (Wildman–Crippen LogP) is 2.95. The molecule has 0 bridgehead atoms. The van der Waals surface area contributed by atoms with Crippen LogP contribution in [0.5, 0.6) is 0 Å². The first-order valence-corrected chi connectivity index (χ1v) is 8.91. The normalized spacial score (nSPS) is 21.3. The van der Waals surface area contributed by atoms with Crippen LogP contribution in [-0.2, 0) is 14.8 Å². The summed E-state index contributed by atoms with van der Waals surface area (Å²) in [6.45, 7) is 0.394. The van der Waals surface area contributed by atoms with E-state index < -0.39 is 16.1 Å². The van der Waals surface area contributed by atoms with E-state index in [9.17, 15) is 13.2 Å². The molecule has 1 aliphatic rings. The predicted molar refractivity (Wildman–Crippen MR) is 79.4 cm³/mol. The van der Waals surface area contributed by atoms with Gasteiger partial charge in [-0.15, -0.1) is 0 Å². The monoisotopic (exact) mass is 409 g/mol. The molecule has 1 unspecified atom stereocenters. The summed E-state index contributed by atoms with van der Waals surface area (Å²) in [7, 11) is -3.65. The van der Waals surface area contributed by atoms with Crippen molar-refractivity contribution in [3.05, 3.63) is 27.1 Å². The Kier molecular flexibility index (Phi) is 4.81. The van der Waals surface area contributed by atoms with Crippen LogP contribution in [-0.4, -0.2) is 31.6 Å². The molecule has 1 aromatic rings. The van der Waals surface area contributed by atoms with Crippen molar-refractivity contribution in [3.8, 4) is 0 Å². The van der Waals surface area contributed by atoms with Gasteiger partial charge in [-0.3, -0.25) is 0 Å². The maximum atomic E-state index is 12.6. The Morgan fingerprint density at radius 3 is 2.68 bits per heavy atom. The van der Waals surface area contributed by atoms with Crippen LogP contribution in [0.15, 0.2) is 32.0 Å². The molecule has 0 aromatic heterocycles. The summed E-state index contributed by atoms with van der Waals surface area (Å²) < 4.78 is 27.8. The molecule has 4 nitrogen and oxygen atoms in total. The van der Waals surface area contributed by atoms with Crippen LogP contribution in [0.4, 0.5) is 0 Å². The minimum Gasteiger partial charge on any atom is -0.302 e. The van der Waals surface area contributed by atoms with Crippen molar-refractivity contribution in [3.63, 3.8) is 0 Å². The third kappa shape index (κ3) is 3.09. The fourth-order valence-electron chi connectivity index (χ4n) is 2.17. The van der Waals surface area contributed by atoms with Crippen LogP contribution >= 0.6 is 31.9 Å². The molecule has 1 aromatic carbocycles. The standard InChI is InChI=1S/C12H13Br2NO3S/c13-9-4-5-11(14)12(7-9)19(17,18)15-6-2-1-3-10(15)8-16/h4-5,7-8,10H,1-3,6H2. The SMILES string of the molecule is O=CC1CCCCN1S(=O)(=O)c1cc(Br)ccc1Br. The molecule has 19 heavy (non-hydrogen) atoms. The number of rotatable bonds is 3. The Balaban J connectivity index is 2.46. The summed E-state index contributed by atoms with van der Waals surface area (Å²) in [5.41, 5.74) is 0. The van der Waals surface area contributed by atoms with E-state index >= 15 is 0 Å². The Bertz CT molecular complexity index is 589. The number of piperidine rings is 1. The highest BCUT2D eigenvalue weighted by Crippen LogP contribution is 2.31. The molecule has 0 spiro atoms. The van der Waals surface area contributed by atoms with Crippen molar-refractivity contribution in [2.45, 2.75) is 30.2 Å². The van der Waals surface area contributed by atoms with E-state index in [1.807, 2.05) is 0 Å². The van der Waals surface area contributed by atoms with Crippen LogP contribution < -0.4 is 0 Å². The average molecular weight is 411 g/mol. The second-order valence-electron chi connectivity index (χ2n) is 4.39. The molecule has 0 radical (unpaired) electrons. The van der Waals surface area contributed by atoms with Crippen molar-refractivity contribution in [2.75, 3.05) is 6.54 Å². The number of carbonyl (C=O) groups excluding carboxylic acids is 1. The lowest BCUT2D eigenvalue weighted by atomic mass is 10.1. The number of sulfonamides is 1. The molecule has 0 N–H and O–H groups in total. The Hall–Kier alpha value is -0.240. The molecule has 2 rings (SSSR count). The number of aldehydes is 1. The first kappa shape index (κ1) is 15.2. The van der Waals surface area contributed by atoms with E-state index in [2.05, 4.69) is 31.9 Å². The lowest BCUT2D eigenvalue weighted by molar-refractivity contribution is -0.111. The van der Waals surface area contributed by atoms with E-state index in [0.29, 0.717) is 21.9 Å². The Morgan fingerprint density at radius 2 is 2.00 bits per heavy atom. The zero-order valence-electron chi connectivity index (χ0n) is 10.1. The van der Waals surface area contributed by atoms with Gasteiger partial charge in [0.25, 0.3) is 0 Å². The smallest absolute Gasteiger partial charge is 0.244 e. The molecule has 7 heteroatoms. The van der Waals surface area contributed by atoms with Crippen LogP contribution in [0, 0.1) is 0 Å². The lowest BCUT2D eigenvalue weighted by Gasteiger charge is -2.31. The van der Waals surface area contributed by atoms with E-state index in [4.69, 9.17) is 0 Å². The second kappa shape index (κ2) is 6.03. The topological polar surface area (TPSA) is 54.5 Å². The molecule has 1 saturated heterocycles. The summed E-state index contributed by atoms with van der Waals surface area (Å²) in [6, 6.07) is 4.44. The minimum absolute atomic E-state index is 0.190. The van der Waals surface area contributed by atoms with Gasteiger partial charge in [0.1, 0.15) is 6.29 Å². The number of hydrogen-bond donors (Lipinski definition) is 0. The first-order valence-electron chi connectivity index (χ1n) is 5.89. The van der Waals surface area contributed by atoms with Gasteiger partial charge in [0.05, 0.1) is 10.9 Å². The van der Waals surface area contributed by atoms with Crippen LogP contribution in [0.25, 0.3) is 0 Å². The van der Waals surface area contributed by atoms with Crippen LogP contribution in [0.3, 0.4) is 0 Å². The van der Waals surface area contributed by atoms with Crippen molar-refractivity contribution in [2.24, 2.45) is 0 Å². The quantitative estimate of drug-likeness (QED) is 0.719. The highest BCUT2D eigenvalue weighted by atomic mass is 79.9. The van der Waals surface area contributed by atoms with E-state index in [1.165, 1.54) is 4.31 Å². The fraction of sp³-hybridized carbons (Fsp3) is 0.417. The van der Waals surface area contributed by atoms with Crippen molar-refractivity contribution in [1.29, 1.82) is 0 Å².